The molecule has 0 bridgehead atoms. The van der Waals surface area contributed by atoms with E-state index in [-0.39, 0.29) is 11.5 Å². The quantitative estimate of drug-likeness (QED) is 0.623. The van der Waals surface area contributed by atoms with Crippen molar-refractivity contribution in [2.24, 2.45) is 5.73 Å². The second kappa shape index (κ2) is 3.40. The van der Waals surface area contributed by atoms with Crippen molar-refractivity contribution in [3.05, 3.63) is 23.8 Å². The second-order valence-corrected chi connectivity index (χ2v) is 2.54. The molecule has 1 aromatic rings. The van der Waals surface area contributed by atoms with Crippen LogP contribution in [0.3, 0.4) is 0 Å². The van der Waals surface area contributed by atoms with Crippen molar-refractivity contribution in [3.63, 3.8) is 0 Å². The fourth-order valence-electron chi connectivity index (χ4n) is 0.921. The Labute approximate surface area is 69.3 Å². The minimum absolute atomic E-state index is 0.117. The van der Waals surface area contributed by atoms with Crippen LogP contribution in [0.25, 0.3) is 0 Å². The number of halogens is 1. The largest absolute Gasteiger partial charge is 0.508 e. The Balaban J connectivity index is 3.00. The van der Waals surface area contributed by atoms with Gasteiger partial charge in [0.05, 0.1) is 6.04 Å². The van der Waals surface area contributed by atoms with Crippen LogP contribution in [0.4, 0.5) is 4.39 Å². The van der Waals surface area contributed by atoms with E-state index in [1.54, 1.807) is 0 Å². The van der Waals surface area contributed by atoms with Gasteiger partial charge in [0.15, 0.2) is 0 Å². The van der Waals surface area contributed by atoms with Crippen LogP contribution >= 0.6 is 0 Å². The lowest BCUT2D eigenvalue weighted by Gasteiger charge is -2.07. The average Bonchev–Trinajstić information content (AvgIpc) is 2.01. The molecule has 4 heteroatoms. The molecule has 1 unspecified atom stereocenters. The number of phenolic OH excluding ortho intramolecular Hbond substituents is 2. The third-order valence-corrected chi connectivity index (χ3v) is 1.52. The summed E-state index contributed by atoms with van der Waals surface area (Å²) in [6, 6.07) is 3.02. The number of aromatic hydroxyl groups is 2. The van der Waals surface area contributed by atoms with Gasteiger partial charge in [0.2, 0.25) is 0 Å². The Hall–Kier alpha value is -1.29. The molecule has 0 saturated heterocycles. The lowest BCUT2D eigenvalue weighted by Crippen LogP contribution is -2.11. The van der Waals surface area contributed by atoms with E-state index in [2.05, 4.69) is 0 Å². The number of phenols is 2. The third kappa shape index (κ3) is 1.85. The summed E-state index contributed by atoms with van der Waals surface area (Å²) in [6.45, 7) is -0.719. The van der Waals surface area contributed by atoms with E-state index >= 15 is 0 Å². The first-order valence-corrected chi connectivity index (χ1v) is 3.48. The van der Waals surface area contributed by atoms with Crippen molar-refractivity contribution in [2.75, 3.05) is 6.67 Å². The van der Waals surface area contributed by atoms with Crippen molar-refractivity contribution in [2.45, 2.75) is 6.04 Å². The number of hydrogen-bond acceptors (Lipinski definition) is 3. The van der Waals surface area contributed by atoms with Gasteiger partial charge in [-0.1, -0.05) is 0 Å². The van der Waals surface area contributed by atoms with Crippen LogP contribution in [0, 0.1) is 0 Å². The Morgan fingerprint density at radius 2 is 1.75 bits per heavy atom. The summed E-state index contributed by atoms with van der Waals surface area (Å²) in [6.07, 6.45) is 0. The van der Waals surface area contributed by atoms with Gasteiger partial charge >= 0.3 is 0 Å². The molecular formula is C8H10FNO2. The molecule has 1 rings (SSSR count). The van der Waals surface area contributed by atoms with Crippen LogP contribution in [0.15, 0.2) is 18.2 Å². The highest BCUT2D eigenvalue weighted by Gasteiger charge is 2.07. The van der Waals surface area contributed by atoms with Gasteiger partial charge in [0, 0.05) is 6.07 Å². The van der Waals surface area contributed by atoms with E-state index in [1.807, 2.05) is 0 Å². The van der Waals surface area contributed by atoms with Crippen molar-refractivity contribution in [3.8, 4) is 11.5 Å². The maximum absolute atomic E-state index is 12.0. The highest BCUT2D eigenvalue weighted by molar-refractivity contribution is 5.37. The summed E-state index contributed by atoms with van der Waals surface area (Å²) in [5.74, 6) is -0.234. The summed E-state index contributed by atoms with van der Waals surface area (Å²) >= 11 is 0. The van der Waals surface area contributed by atoms with E-state index in [0.29, 0.717) is 5.56 Å². The molecule has 1 aromatic carbocycles. The topological polar surface area (TPSA) is 66.5 Å². The summed E-state index contributed by atoms with van der Waals surface area (Å²) in [5, 5.41) is 18.0. The predicted molar refractivity (Wildman–Crippen MR) is 42.7 cm³/mol. The van der Waals surface area contributed by atoms with Gasteiger partial charge in [-0.25, -0.2) is 4.39 Å². The van der Waals surface area contributed by atoms with Crippen molar-refractivity contribution in [1.82, 2.24) is 0 Å². The maximum Gasteiger partial charge on any atom is 0.119 e. The van der Waals surface area contributed by atoms with Crippen LogP contribution < -0.4 is 5.73 Å². The first-order valence-electron chi connectivity index (χ1n) is 3.48. The molecular weight excluding hydrogens is 161 g/mol. The Kier molecular flexibility index (Phi) is 2.50. The van der Waals surface area contributed by atoms with Gasteiger partial charge in [0.25, 0.3) is 0 Å². The molecule has 0 aromatic heterocycles. The van der Waals surface area contributed by atoms with Crippen molar-refractivity contribution < 1.29 is 14.6 Å². The van der Waals surface area contributed by atoms with Gasteiger partial charge in [-0.15, -0.1) is 0 Å². The first kappa shape index (κ1) is 8.80. The number of hydrogen-bond donors (Lipinski definition) is 3. The molecule has 0 aliphatic rings. The highest BCUT2D eigenvalue weighted by Crippen LogP contribution is 2.23. The van der Waals surface area contributed by atoms with E-state index in [1.165, 1.54) is 12.1 Å². The normalized spacial score (nSPS) is 12.8. The molecule has 0 amide bonds. The molecule has 0 radical (unpaired) electrons. The predicted octanol–water partition coefficient (Wildman–Crippen LogP) is 1.07. The van der Waals surface area contributed by atoms with Gasteiger partial charge in [-0.05, 0) is 17.7 Å². The molecule has 1 atom stereocenters. The molecule has 4 N–H and O–H groups in total. The monoisotopic (exact) mass is 171 g/mol. The van der Waals surface area contributed by atoms with Crippen molar-refractivity contribution >= 4 is 0 Å². The van der Waals surface area contributed by atoms with Gasteiger partial charge in [-0.2, -0.15) is 0 Å². The fourth-order valence-corrected chi connectivity index (χ4v) is 0.921. The fraction of sp³-hybridized carbons (Fsp3) is 0.250. The van der Waals surface area contributed by atoms with Gasteiger partial charge in [-0.3, -0.25) is 0 Å². The van der Waals surface area contributed by atoms with Crippen LogP contribution in [0.2, 0.25) is 0 Å². The number of benzene rings is 1. The van der Waals surface area contributed by atoms with Crippen molar-refractivity contribution in [1.29, 1.82) is 0 Å². The Bertz CT molecular complexity index is 258. The smallest absolute Gasteiger partial charge is 0.119 e. The molecule has 0 aliphatic heterocycles. The summed E-state index contributed by atoms with van der Waals surface area (Å²) in [4.78, 5) is 0. The molecule has 3 nitrogen and oxygen atoms in total. The maximum atomic E-state index is 12.0. The SMILES string of the molecule is NC(CF)c1cc(O)cc(O)c1. The first-order chi connectivity index (χ1) is 5.63. The average molecular weight is 171 g/mol. The van der Waals surface area contributed by atoms with E-state index in [9.17, 15) is 4.39 Å². The third-order valence-electron chi connectivity index (χ3n) is 1.52. The molecule has 12 heavy (non-hydrogen) atoms. The molecule has 0 aliphatic carbocycles. The Morgan fingerprint density at radius 1 is 1.25 bits per heavy atom. The summed E-state index contributed by atoms with van der Waals surface area (Å²) in [7, 11) is 0. The van der Waals surface area contributed by atoms with E-state index in [0.717, 1.165) is 6.07 Å². The number of alkyl halides is 1. The van der Waals surface area contributed by atoms with Gasteiger partial charge in [0.1, 0.15) is 18.2 Å². The number of rotatable bonds is 2. The molecule has 0 spiro atoms. The standard InChI is InChI=1S/C8H10FNO2/c9-4-8(10)5-1-6(11)3-7(12)2-5/h1-3,8,11-12H,4,10H2. The lowest BCUT2D eigenvalue weighted by molar-refractivity contribution is 0.426. The minimum Gasteiger partial charge on any atom is -0.508 e. The second-order valence-electron chi connectivity index (χ2n) is 2.54. The zero-order valence-electron chi connectivity index (χ0n) is 6.37. The van der Waals surface area contributed by atoms with Crippen LogP contribution in [0.5, 0.6) is 11.5 Å². The number of nitrogens with two attached hydrogens (primary N) is 1. The molecule has 0 heterocycles. The Morgan fingerprint density at radius 3 is 2.17 bits per heavy atom. The zero-order chi connectivity index (χ0) is 9.14. The van der Waals surface area contributed by atoms with Crippen LogP contribution in [0.1, 0.15) is 11.6 Å². The van der Waals surface area contributed by atoms with E-state index in [4.69, 9.17) is 15.9 Å². The van der Waals surface area contributed by atoms with Gasteiger partial charge < -0.3 is 15.9 Å². The van der Waals surface area contributed by atoms with Crippen LogP contribution in [-0.4, -0.2) is 16.9 Å². The zero-order valence-corrected chi connectivity index (χ0v) is 6.37. The van der Waals surface area contributed by atoms with Crippen LogP contribution in [-0.2, 0) is 0 Å². The minimum atomic E-state index is -0.789. The molecule has 0 saturated carbocycles. The lowest BCUT2D eigenvalue weighted by atomic mass is 10.1. The molecule has 0 fully saturated rings. The highest BCUT2D eigenvalue weighted by atomic mass is 19.1. The summed E-state index contributed by atoms with van der Waals surface area (Å²) in [5.41, 5.74) is 5.72. The summed E-state index contributed by atoms with van der Waals surface area (Å²) < 4.78 is 12.0. The molecule has 66 valence electrons. The van der Waals surface area contributed by atoms with E-state index < -0.39 is 12.7 Å².